The average Bonchev–Trinajstić information content (AvgIpc) is 2.51. The highest BCUT2D eigenvalue weighted by Crippen LogP contribution is 2.21. The van der Waals surface area contributed by atoms with E-state index in [9.17, 15) is 4.79 Å². The summed E-state index contributed by atoms with van der Waals surface area (Å²) in [6.45, 7) is 2.31. The van der Waals surface area contributed by atoms with Crippen molar-refractivity contribution in [1.29, 1.82) is 0 Å². The SMILES string of the molecule is CC(Cl)C(=O)NCCc1ccc(Br)s1. The first-order chi connectivity index (χ1) is 6.59. The lowest BCUT2D eigenvalue weighted by Gasteiger charge is -2.04. The third kappa shape index (κ3) is 3.98. The second kappa shape index (κ2) is 5.73. The van der Waals surface area contributed by atoms with Crippen LogP contribution in [0.2, 0.25) is 0 Å². The van der Waals surface area contributed by atoms with Crippen LogP contribution in [0, 0.1) is 0 Å². The van der Waals surface area contributed by atoms with Crippen molar-refractivity contribution in [2.75, 3.05) is 6.54 Å². The van der Waals surface area contributed by atoms with Crippen molar-refractivity contribution in [2.24, 2.45) is 0 Å². The number of carbonyl (C=O) groups is 1. The Balaban J connectivity index is 2.25. The van der Waals surface area contributed by atoms with Crippen molar-refractivity contribution in [1.82, 2.24) is 5.32 Å². The van der Waals surface area contributed by atoms with Crippen LogP contribution in [0.25, 0.3) is 0 Å². The normalized spacial score (nSPS) is 12.5. The number of nitrogens with one attached hydrogen (secondary N) is 1. The van der Waals surface area contributed by atoms with E-state index in [2.05, 4.69) is 21.2 Å². The fourth-order valence-electron chi connectivity index (χ4n) is 0.936. The minimum atomic E-state index is -0.454. The molecular weight excluding hydrogens is 286 g/mol. The van der Waals surface area contributed by atoms with Gasteiger partial charge in [0, 0.05) is 11.4 Å². The highest BCUT2D eigenvalue weighted by Gasteiger charge is 2.07. The molecule has 1 aromatic heterocycles. The molecule has 1 rings (SSSR count). The summed E-state index contributed by atoms with van der Waals surface area (Å²) in [7, 11) is 0. The summed E-state index contributed by atoms with van der Waals surface area (Å²) in [5.74, 6) is -0.109. The van der Waals surface area contributed by atoms with Gasteiger partial charge in [-0.2, -0.15) is 0 Å². The molecule has 0 aliphatic carbocycles. The standard InChI is InChI=1S/C9H11BrClNOS/c1-6(11)9(13)12-5-4-7-2-3-8(10)14-7/h2-3,6H,4-5H2,1H3,(H,12,13). The van der Waals surface area contributed by atoms with Gasteiger partial charge in [-0.05, 0) is 41.4 Å². The van der Waals surface area contributed by atoms with E-state index in [0.29, 0.717) is 6.54 Å². The van der Waals surface area contributed by atoms with Gasteiger partial charge < -0.3 is 5.32 Å². The van der Waals surface area contributed by atoms with E-state index < -0.39 is 5.38 Å². The summed E-state index contributed by atoms with van der Waals surface area (Å²) in [6.07, 6.45) is 0.853. The predicted molar refractivity (Wildman–Crippen MR) is 64.0 cm³/mol. The maximum absolute atomic E-state index is 11.1. The Kier molecular flexibility index (Phi) is 4.92. The van der Waals surface area contributed by atoms with Crippen LogP contribution in [-0.2, 0) is 11.2 Å². The van der Waals surface area contributed by atoms with Crippen molar-refractivity contribution in [3.05, 3.63) is 20.8 Å². The van der Waals surface area contributed by atoms with Crippen LogP contribution in [0.4, 0.5) is 0 Å². The summed E-state index contributed by atoms with van der Waals surface area (Å²) in [6, 6.07) is 4.05. The zero-order chi connectivity index (χ0) is 10.6. The Labute approximate surface area is 101 Å². The molecule has 5 heteroatoms. The lowest BCUT2D eigenvalue weighted by atomic mass is 10.3. The van der Waals surface area contributed by atoms with Gasteiger partial charge in [0.15, 0.2) is 0 Å². The Bertz CT molecular complexity index is 314. The summed E-state index contributed by atoms with van der Waals surface area (Å²) in [4.78, 5) is 12.3. The summed E-state index contributed by atoms with van der Waals surface area (Å²) >= 11 is 10.7. The fourth-order valence-corrected chi connectivity index (χ4v) is 2.50. The molecule has 78 valence electrons. The number of carbonyl (C=O) groups excluding carboxylic acids is 1. The van der Waals surface area contributed by atoms with E-state index in [4.69, 9.17) is 11.6 Å². The van der Waals surface area contributed by atoms with Crippen molar-refractivity contribution >= 4 is 44.8 Å². The van der Waals surface area contributed by atoms with Crippen LogP contribution in [0.15, 0.2) is 15.9 Å². The molecule has 1 atom stereocenters. The highest BCUT2D eigenvalue weighted by atomic mass is 79.9. The van der Waals surface area contributed by atoms with Crippen molar-refractivity contribution in [3.8, 4) is 0 Å². The molecule has 0 aromatic carbocycles. The number of amides is 1. The van der Waals surface area contributed by atoms with Crippen molar-refractivity contribution in [3.63, 3.8) is 0 Å². The van der Waals surface area contributed by atoms with E-state index in [1.54, 1.807) is 18.3 Å². The minimum Gasteiger partial charge on any atom is -0.354 e. The van der Waals surface area contributed by atoms with Gasteiger partial charge in [-0.15, -0.1) is 22.9 Å². The number of alkyl halides is 1. The number of hydrogen-bond acceptors (Lipinski definition) is 2. The largest absolute Gasteiger partial charge is 0.354 e. The Hall–Kier alpha value is -0.0600. The molecule has 0 radical (unpaired) electrons. The molecule has 0 spiro atoms. The maximum Gasteiger partial charge on any atom is 0.237 e. The van der Waals surface area contributed by atoms with Crippen LogP contribution >= 0.6 is 38.9 Å². The van der Waals surface area contributed by atoms with Gasteiger partial charge in [-0.1, -0.05) is 0 Å². The van der Waals surface area contributed by atoms with Crippen LogP contribution in [0.1, 0.15) is 11.8 Å². The molecular formula is C9H11BrClNOS. The molecule has 0 fully saturated rings. The lowest BCUT2D eigenvalue weighted by molar-refractivity contribution is -0.120. The third-order valence-electron chi connectivity index (χ3n) is 1.66. The lowest BCUT2D eigenvalue weighted by Crippen LogP contribution is -2.31. The van der Waals surface area contributed by atoms with Gasteiger partial charge >= 0.3 is 0 Å². The second-order valence-corrected chi connectivity index (χ2v) is 6.07. The molecule has 14 heavy (non-hydrogen) atoms. The smallest absolute Gasteiger partial charge is 0.237 e. The predicted octanol–water partition coefficient (Wildman–Crippen LogP) is 2.80. The monoisotopic (exact) mass is 295 g/mol. The Morgan fingerprint density at radius 3 is 2.93 bits per heavy atom. The van der Waals surface area contributed by atoms with E-state index in [0.717, 1.165) is 10.2 Å². The van der Waals surface area contributed by atoms with Crippen LogP contribution in [0.5, 0.6) is 0 Å². The molecule has 0 saturated carbocycles. The number of rotatable bonds is 4. The van der Waals surface area contributed by atoms with Crippen LogP contribution < -0.4 is 5.32 Å². The minimum absolute atomic E-state index is 0.109. The molecule has 1 amide bonds. The molecule has 0 aliphatic heterocycles. The van der Waals surface area contributed by atoms with Gasteiger partial charge in [0.25, 0.3) is 0 Å². The zero-order valence-electron chi connectivity index (χ0n) is 7.72. The maximum atomic E-state index is 11.1. The van der Waals surface area contributed by atoms with Gasteiger partial charge in [0.1, 0.15) is 5.38 Å². The van der Waals surface area contributed by atoms with Crippen molar-refractivity contribution in [2.45, 2.75) is 18.7 Å². The molecule has 0 aliphatic rings. The Morgan fingerprint density at radius 1 is 1.71 bits per heavy atom. The van der Waals surface area contributed by atoms with E-state index >= 15 is 0 Å². The second-order valence-electron chi connectivity index (χ2n) is 2.86. The van der Waals surface area contributed by atoms with Gasteiger partial charge in [-0.25, -0.2) is 0 Å². The zero-order valence-corrected chi connectivity index (χ0v) is 10.9. The number of halogens is 2. The Morgan fingerprint density at radius 2 is 2.43 bits per heavy atom. The highest BCUT2D eigenvalue weighted by molar-refractivity contribution is 9.11. The topological polar surface area (TPSA) is 29.1 Å². The first-order valence-electron chi connectivity index (χ1n) is 4.25. The molecule has 0 bridgehead atoms. The van der Waals surface area contributed by atoms with Gasteiger partial charge in [0.2, 0.25) is 5.91 Å². The summed E-state index contributed by atoms with van der Waals surface area (Å²) in [5.41, 5.74) is 0. The van der Waals surface area contributed by atoms with E-state index in [-0.39, 0.29) is 5.91 Å². The first-order valence-corrected chi connectivity index (χ1v) is 6.30. The van der Waals surface area contributed by atoms with Crippen LogP contribution in [-0.4, -0.2) is 17.8 Å². The quantitative estimate of drug-likeness (QED) is 0.851. The molecule has 1 aromatic rings. The number of thiophene rings is 1. The molecule has 2 nitrogen and oxygen atoms in total. The first kappa shape index (κ1) is 12.0. The van der Waals surface area contributed by atoms with Crippen LogP contribution in [0.3, 0.4) is 0 Å². The average molecular weight is 297 g/mol. The fraction of sp³-hybridized carbons (Fsp3) is 0.444. The molecule has 1 unspecified atom stereocenters. The molecule has 0 saturated heterocycles. The van der Waals surface area contributed by atoms with Crippen molar-refractivity contribution < 1.29 is 4.79 Å². The number of hydrogen-bond donors (Lipinski definition) is 1. The third-order valence-corrected chi connectivity index (χ3v) is 3.54. The van der Waals surface area contributed by atoms with E-state index in [1.165, 1.54) is 4.88 Å². The van der Waals surface area contributed by atoms with Gasteiger partial charge in [0.05, 0.1) is 3.79 Å². The van der Waals surface area contributed by atoms with E-state index in [1.807, 2.05) is 12.1 Å². The molecule has 1 heterocycles. The van der Waals surface area contributed by atoms with Gasteiger partial charge in [-0.3, -0.25) is 4.79 Å². The summed E-state index contributed by atoms with van der Waals surface area (Å²) < 4.78 is 1.12. The summed E-state index contributed by atoms with van der Waals surface area (Å²) in [5, 5.41) is 2.31. The molecule has 1 N–H and O–H groups in total.